The number of aliphatic imine (C=N–C) groups is 1. The summed E-state index contributed by atoms with van der Waals surface area (Å²) in [6.07, 6.45) is 4.23. The first-order valence-corrected chi connectivity index (χ1v) is 9.55. The highest BCUT2D eigenvalue weighted by molar-refractivity contribution is 7.99. The van der Waals surface area contributed by atoms with E-state index in [1.165, 1.54) is 5.01 Å². The topological polar surface area (TPSA) is 49.3 Å². The van der Waals surface area contributed by atoms with Gasteiger partial charge in [-0.25, -0.2) is 4.98 Å². The van der Waals surface area contributed by atoms with E-state index in [9.17, 15) is 0 Å². The van der Waals surface area contributed by atoms with Gasteiger partial charge in [0.05, 0.1) is 11.6 Å². The molecular weight excluding hydrogens is 300 g/mol. The number of nitrogens with one attached hydrogen (secondary N) is 2. The van der Waals surface area contributed by atoms with Crippen molar-refractivity contribution in [1.82, 2.24) is 15.6 Å². The van der Waals surface area contributed by atoms with Crippen LogP contribution in [0.4, 0.5) is 0 Å². The molecule has 0 aromatic carbocycles. The third-order valence-corrected chi connectivity index (χ3v) is 5.30. The van der Waals surface area contributed by atoms with Gasteiger partial charge < -0.3 is 10.6 Å². The Bertz CT molecular complexity index is 441. The third-order valence-electron chi connectivity index (χ3n) is 3.04. The van der Waals surface area contributed by atoms with Crippen molar-refractivity contribution in [2.24, 2.45) is 4.99 Å². The van der Waals surface area contributed by atoms with Crippen LogP contribution < -0.4 is 10.6 Å². The van der Waals surface area contributed by atoms with Gasteiger partial charge in [0.25, 0.3) is 0 Å². The molecule has 0 unspecified atom stereocenters. The molecule has 0 aliphatic carbocycles. The number of rotatable bonds is 8. The zero-order valence-corrected chi connectivity index (χ0v) is 15.5. The summed E-state index contributed by atoms with van der Waals surface area (Å²) in [5.41, 5.74) is 1.12. The fourth-order valence-corrected chi connectivity index (χ4v) is 2.65. The Balaban J connectivity index is 2.35. The lowest BCUT2D eigenvalue weighted by Crippen LogP contribution is -2.39. The first-order valence-electron chi connectivity index (χ1n) is 7.45. The van der Waals surface area contributed by atoms with Crippen LogP contribution in [0.25, 0.3) is 0 Å². The molecule has 0 spiro atoms. The molecule has 0 saturated carbocycles. The first-order chi connectivity index (χ1) is 9.96. The molecule has 0 aliphatic heterocycles. The van der Waals surface area contributed by atoms with Gasteiger partial charge in [-0.05, 0) is 40.4 Å². The molecule has 1 aromatic rings. The zero-order chi connectivity index (χ0) is 15.7. The van der Waals surface area contributed by atoms with Gasteiger partial charge >= 0.3 is 0 Å². The van der Waals surface area contributed by atoms with E-state index in [-0.39, 0.29) is 4.75 Å². The Kier molecular flexibility index (Phi) is 8.11. The molecule has 0 atom stereocenters. The van der Waals surface area contributed by atoms with Gasteiger partial charge in [0.2, 0.25) is 0 Å². The van der Waals surface area contributed by atoms with E-state index < -0.39 is 0 Å². The molecule has 0 radical (unpaired) electrons. The maximum absolute atomic E-state index is 4.67. The van der Waals surface area contributed by atoms with Crippen molar-refractivity contribution < 1.29 is 0 Å². The summed E-state index contributed by atoms with van der Waals surface area (Å²) < 4.78 is 0.181. The highest BCUT2D eigenvalue weighted by atomic mass is 32.2. The molecule has 0 aliphatic rings. The minimum absolute atomic E-state index is 0.181. The van der Waals surface area contributed by atoms with Crippen LogP contribution >= 0.6 is 23.1 Å². The highest BCUT2D eigenvalue weighted by Crippen LogP contribution is 2.20. The normalized spacial score (nSPS) is 12.5. The van der Waals surface area contributed by atoms with E-state index in [0.717, 1.165) is 44.1 Å². The standard InChI is InChI=1S/C15H28N4S2/c1-6-16-14(18-11-15(3,4)20-5)17-9-7-8-13-19-12(2)10-21-13/h10H,6-9,11H2,1-5H3,(H2,16,17,18). The van der Waals surface area contributed by atoms with Crippen LogP contribution in [0.15, 0.2) is 10.4 Å². The van der Waals surface area contributed by atoms with Crippen LogP contribution in [0, 0.1) is 6.92 Å². The maximum atomic E-state index is 4.67. The van der Waals surface area contributed by atoms with Crippen LogP contribution in [0.3, 0.4) is 0 Å². The molecule has 120 valence electrons. The van der Waals surface area contributed by atoms with Crippen molar-refractivity contribution in [3.8, 4) is 0 Å². The number of hydrogen-bond donors (Lipinski definition) is 2. The monoisotopic (exact) mass is 328 g/mol. The van der Waals surface area contributed by atoms with E-state index >= 15 is 0 Å². The highest BCUT2D eigenvalue weighted by Gasteiger charge is 2.15. The second-order valence-electron chi connectivity index (χ2n) is 5.57. The Labute approximate surface area is 137 Å². The first kappa shape index (κ1) is 18.3. The van der Waals surface area contributed by atoms with E-state index in [1.807, 2.05) is 18.7 Å². The van der Waals surface area contributed by atoms with Crippen molar-refractivity contribution >= 4 is 29.1 Å². The number of thioether (sulfide) groups is 1. The quantitative estimate of drug-likeness (QED) is 0.437. The van der Waals surface area contributed by atoms with Crippen molar-refractivity contribution in [3.63, 3.8) is 0 Å². The van der Waals surface area contributed by atoms with E-state index in [1.54, 1.807) is 11.3 Å². The van der Waals surface area contributed by atoms with Crippen LogP contribution in [-0.2, 0) is 6.42 Å². The maximum Gasteiger partial charge on any atom is 0.191 e. The average molecular weight is 329 g/mol. The smallest absolute Gasteiger partial charge is 0.191 e. The summed E-state index contributed by atoms with van der Waals surface area (Å²) >= 11 is 3.59. The summed E-state index contributed by atoms with van der Waals surface area (Å²) in [6.45, 7) is 11.2. The van der Waals surface area contributed by atoms with Crippen molar-refractivity contribution in [2.45, 2.75) is 45.3 Å². The van der Waals surface area contributed by atoms with Gasteiger partial charge in [0.15, 0.2) is 5.96 Å². The minimum atomic E-state index is 0.181. The van der Waals surface area contributed by atoms with E-state index in [2.05, 4.69) is 53.0 Å². The lowest BCUT2D eigenvalue weighted by molar-refractivity contribution is 0.701. The van der Waals surface area contributed by atoms with Crippen LogP contribution in [0.5, 0.6) is 0 Å². The van der Waals surface area contributed by atoms with Crippen LogP contribution in [0.1, 0.15) is 37.9 Å². The fraction of sp³-hybridized carbons (Fsp3) is 0.733. The molecule has 0 fully saturated rings. The molecule has 1 rings (SSSR count). The number of aromatic nitrogens is 1. The second-order valence-corrected chi connectivity index (χ2v) is 8.03. The van der Waals surface area contributed by atoms with Crippen molar-refractivity contribution in [3.05, 3.63) is 16.1 Å². The van der Waals surface area contributed by atoms with Crippen molar-refractivity contribution in [2.75, 3.05) is 25.9 Å². The number of hydrogen-bond acceptors (Lipinski definition) is 4. The molecule has 2 N–H and O–H groups in total. The number of aryl methyl sites for hydroxylation is 2. The lowest BCUT2D eigenvalue weighted by Gasteiger charge is -2.20. The van der Waals surface area contributed by atoms with Crippen molar-refractivity contribution in [1.29, 1.82) is 0 Å². The summed E-state index contributed by atoms with van der Waals surface area (Å²) in [5, 5.41) is 10.0. The Hall–Kier alpha value is -0.750. The SMILES string of the molecule is CCNC(=NCC(C)(C)SC)NCCCc1nc(C)cs1. The molecule has 0 bridgehead atoms. The molecule has 1 aromatic heterocycles. The van der Waals surface area contributed by atoms with Gasteiger partial charge in [0.1, 0.15) is 0 Å². The Morgan fingerprint density at radius 1 is 1.43 bits per heavy atom. The van der Waals surface area contributed by atoms with E-state index in [0.29, 0.717) is 0 Å². The summed E-state index contributed by atoms with van der Waals surface area (Å²) in [4.78, 5) is 9.15. The molecule has 6 heteroatoms. The van der Waals surface area contributed by atoms with Gasteiger partial charge in [-0.15, -0.1) is 11.3 Å². The summed E-state index contributed by atoms with van der Waals surface area (Å²) in [6, 6.07) is 0. The molecule has 0 amide bonds. The molecule has 21 heavy (non-hydrogen) atoms. The summed E-state index contributed by atoms with van der Waals surface area (Å²) in [5.74, 6) is 0.912. The minimum Gasteiger partial charge on any atom is -0.357 e. The number of guanidine groups is 1. The Morgan fingerprint density at radius 3 is 2.76 bits per heavy atom. The van der Waals surface area contributed by atoms with E-state index in [4.69, 9.17) is 0 Å². The predicted molar refractivity (Wildman–Crippen MR) is 96.7 cm³/mol. The van der Waals surface area contributed by atoms with Crippen LogP contribution in [0.2, 0.25) is 0 Å². The van der Waals surface area contributed by atoms with Gasteiger partial charge in [-0.1, -0.05) is 0 Å². The number of thiazole rings is 1. The zero-order valence-electron chi connectivity index (χ0n) is 13.8. The second kappa shape index (κ2) is 9.30. The predicted octanol–water partition coefficient (Wildman–Crippen LogP) is 3.08. The fourth-order valence-electron chi connectivity index (χ4n) is 1.64. The van der Waals surface area contributed by atoms with Gasteiger partial charge in [0, 0.05) is 35.3 Å². The molecular formula is C15H28N4S2. The largest absolute Gasteiger partial charge is 0.357 e. The molecule has 1 heterocycles. The Morgan fingerprint density at radius 2 is 2.19 bits per heavy atom. The third kappa shape index (κ3) is 7.71. The number of nitrogens with zero attached hydrogens (tertiary/aromatic N) is 2. The summed E-state index contributed by atoms with van der Waals surface area (Å²) in [7, 11) is 0. The average Bonchev–Trinajstić information content (AvgIpc) is 2.86. The van der Waals surface area contributed by atoms with Gasteiger partial charge in [-0.2, -0.15) is 11.8 Å². The molecule has 4 nitrogen and oxygen atoms in total. The van der Waals surface area contributed by atoms with Crippen LogP contribution in [-0.4, -0.2) is 41.6 Å². The lowest BCUT2D eigenvalue weighted by atomic mass is 10.2. The molecule has 0 saturated heterocycles. The van der Waals surface area contributed by atoms with Gasteiger partial charge in [-0.3, -0.25) is 4.99 Å².